The first-order valence-electron chi connectivity index (χ1n) is 5.62. The van der Waals surface area contributed by atoms with Gasteiger partial charge in [-0.05, 0) is 18.6 Å². The number of hydrogen-bond acceptors (Lipinski definition) is 4. The number of carboxylic acid groups (broad SMARTS) is 1. The van der Waals surface area contributed by atoms with Crippen LogP contribution in [0.3, 0.4) is 0 Å². The van der Waals surface area contributed by atoms with Crippen molar-refractivity contribution in [2.45, 2.75) is 25.8 Å². The molecule has 0 aliphatic rings. The predicted molar refractivity (Wildman–Crippen MR) is 65.4 cm³/mol. The molecule has 1 rings (SSSR count). The molecular formula is C12H18N2O3. The van der Waals surface area contributed by atoms with Crippen LogP contribution in [0, 0.1) is 0 Å². The lowest BCUT2D eigenvalue weighted by molar-refractivity contribution is 0.0690. The molecule has 94 valence electrons. The van der Waals surface area contributed by atoms with Gasteiger partial charge in [0, 0.05) is 25.0 Å². The number of rotatable bonds is 7. The largest absolute Gasteiger partial charge is 0.477 e. The van der Waals surface area contributed by atoms with Crippen LogP contribution in [-0.2, 0) is 4.74 Å². The average molecular weight is 238 g/mol. The van der Waals surface area contributed by atoms with Crippen LogP contribution >= 0.6 is 0 Å². The number of pyridine rings is 1. The zero-order valence-corrected chi connectivity index (χ0v) is 10.1. The van der Waals surface area contributed by atoms with Crippen molar-refractivity contribution < 1.29 is 14.6 Å². The summed E-state index contributed by atoms with van der Waals surface area (Å²) in [5.74, 6) is -1.02. The Bertz CT molecular complexity index is 363. The van der Waals surface area contributed by atoms with E-state index in [1.165, 1.54) is 12.3 Å². The molecule has 1 aromatic heterocycles. The molecule has 1 unspecified atom stereocenters. The molecular weight excluding hydrogens is 220 g/mol. The molecule has 0 spiro atoms. The van der Waals surface area contributed by atoms with Gasteiger partial charge in [0.05, 0.1) is 6.61 Å². The number of carboxylic acids is 1. The Labute approximate surface area is 101 Å². The molecule has 0 radical (unpaired) electrons. The van der Waals surface area contributed by atoms with Crippen molar-refractivity contribution in [1.82, 2.24) is 4.98 Å². The molecule has 2 N–H and O–H groups in total. The van der Waals surface area contributed by atoms with Gasteiger partial charge < -0.3 is 15.2 Å². The van der Waals surface area contributed by atoms with E-state index in [0.29, 0.717) is 6.61 Å². The van der Waals surface area contributed by atoms with E-state index in [2.05, 4.69) is 17.2 Å². The van der Waals surface area contributed by atoms with Crippen molar-refractivity contribution >= 4 is 11.7 Å². The summed E-state index contributed by atoms with van der Waals surface area (Å²) in [4.78, 5) is 14.5. The van der Waals surface area contributed by atoms with Crippen LogP contribution in [0.2, 0.25) is 0 Å². The lowest BCUT2D eigenvalue weighted by atomic mass is 10.1. The van der Waals surface area contributed by atoms with Crippen LogP contribution in [0.25, 0.3) is 0 Å². The maximum atomic E-state index is 10.8. The van der Waals surface area contributed by atoms with Crippen molar-refractivity contribution in [2.75, 3.05) is 19.0 Å². The first-order valence-corrected chi connectivity index (χ1v) is 5.62. The Morgan fingerprint density at radius 1 is 1.65 bits per heavy atom. The smallest absolute Gasteiger partial charge is 0.354 e. The lowest BCUT2D eigenvalue weighted by Gasteiger charge is -2.18. The van der Waals surface area contributed by atoms with E-state index in [1.54, 1.807) is 13.2 Å². The standard InChI is InChI=1S/C12H18N2O3/c1-3-4-10(8-17-2)14-9-5-6-13-11(7-9)12(15)16/h5-7,10H,3-4,8H2,1-2H3,(H,13,14)(H,15,16). The Balaban J connectivity index is 2.71. The zero-order valence-electron chi connectivity index (χ0n) is 10.1. The summed E-state index contributed by atoms with van der Waals surface area (Å²) in [5.41, 5.74) is 0.801. The number of nitrogens with one attached hydrogen (secondary N) is 1. The van der Waals surface area contributed by atoms with Gasteiger partial charge in [0.25, 0.3) is 0 Å². The maximum Gasteiger partial charge on any atom is 0.354 e. The number of carbonyl (C=O) groups is 1. The van der Waals surface area contributed by atoms with E-state index in [-0.39, 0.29) is 11.7 Å². The Kier molecular flexibility index (Phi) is 5.42. The minimum absolute atomic E-state index is 0.0441. The molecule has 1 aromatic rings. The van der Waals surface area contributed by atoms with Crippen LogP contribution in [0.5, 0.6) is 0 Å². The fourth-order valence-corrected chi connectivity index (χ4v) is 1.62. The molecule has 1 atom stereocenters. The molecule has 0 saturated heterocycles. The summed E-state index contributed by atoms with van der Waals surface area (Å²) in [6, 6.07) is 3.47. The fraction of sp³-hybridized carbons (Fsp3) is 0.500. The number of hydrogen-bond donors (Lipinski definition) is 2. The molecule has 17 heavy (non-hydrogen) atoms. The van der Waals surface area contributed by atoms with Crippen LogP contribution in [0.4, 0.5) is 5.69 Å². The van der Waals surface area contributed by atoms with Crippen LogP contribution in [-0.4, -0.2) is 35.8 Å². The molecule has 0 aliphatic carbocycles. The van der Waals surface area contributed by atoms with Gasteiger partial charge in [-0.2, -0.15) is 0 Å². The molecule has 5 heteroatoms. The highest BCUT2D eigenvalue weighted by Crippen LogP contribution is 2.12. The van der Waals surface area contributed by atoms with E-state index in [0.717, 1.165) is 18.5 Å². The van der Waals surface area contributed by atoms with E-state index in [1.807, 2.05) is 0 Å². The monoisotopic (exact) mass is 238 g/mol. The molecule has 0 saturated carbocycles. The second-order valence-corrected chi connectivity index (χ2v) is 3.82. The predicted octanol–water partition coefficient (Wildman–Crippen LogP) is 2.01. The lowest BCUT2D eigenvalue weighted by Crippen LogP contribution is -2.24. The third-order valence-corrected chi connectivity index (χ3v) is 2.35. The molecule has 0 amide bonds. The zero-order chi connectivity index (χ0) is 12.7. The highest BCUT2D eigenvalue weighted by molar-refractivity contribution is 5.86. The summed E-state index contributed by atoms with van der Waals surface area (Å²) >= 11 is 0. The van der Waals surface area contributed by atoms with Gasteiger partial charge in [0.2, 0.25) is 0 Å². The minimum Gasteiger partial charge on any atom is -0.477 e. The van der Waals surface area contributed by atoms with Crippen LogP contribution in [0.15, 0.2) is 18.3 Å². The summed E-state index contributed by atoms with van der Waals surface area (Å²) < 4.78 is 5.11. The quantitative estimate of drug-likeness (QED) is 0.760. The third kappa shape index (κ3) is 4.40. The molecule has 0 aliphatic heterocycles. The number of methoxy groups -OCH3 is 1. The first-order chi connectivity index (χ1) is 8.17. The van der Waals surface area contributed by atoms with E-state index >= 15 is 0 Å². The Morgan fingerprint density at radius 2 is 2.41 bits per heavy atom. The van der Waals surface area contributed by atoms with Crippen molar-refractivity contribution in [3.63, 3.8) is 0 Å². The van der Waals surface area contributed by atoms with E-state index in [4.69, 9.17) is 9.84 Å². The third-order valence-electron chi connectivity index (χ3n) is 2.35. The molecule has 0 aromatic carbocycles. The van der Waals surface area contributed by atoms with Gasteiger partial charge in [0.1, 0.15) is 5.69 Å². The van der Waals surface area contributed by atoms with Crippen molar-refractivity contribution in [3.8, 4) is 0 Å². The highest BCUT2D eigenvalue weighted by Gasteiger charge is 2.09. The number of anilines is 1. The number of ether oxygens (including phenoxy) is 1. The van der Waals surface area contributed by atoms with Gasteiger partial charge in [-0.25, -0.2) is 9.78 Å². The van der Waals surface area contributed by atoms with E-state index in [9.17, 15) is 4.79 Å². The second-order valence-electron chi connectivity index (χ2n) is 3.82. The molecule has 0 bridgehead atoms. The van der Waals surface area contributed by atoms with Gasteiger partial charge >= 0.3 is 5.97 Å². The normalized spacial score (nSPS) is 12.1. The fourth-order valence-electron chi connectivity index (χ4n) is 1.62. The second kappa shape index (κ2) is 6.85. The topological polar surface area (TPSA) is 71.5 Å². The van der Waals surface area contributed by atoms with E-state index < -0.39 is 5.97 Å². The van der Waals surface area contributed by atoms with Crippen molar-refractivity contribution in [1.29, 1.82) is 0 Å². The minimum atomic E-state index is -1.02. The summed E-state index contributed by atoms with van der Waals surface area (Å²) in [6.07, 6.45) is 3.50. The number of aromatic nitrogens is 1. The Morgan fingerprint density at radius 3 is 3.00 bits per heavy atom. The number of nitrogens with zero attached hydrogens (tertiary/aromatic N) is 1. The van der Waals surface area contributed by atoms with Crippen molar-refractivity contribution in [2.24, 2.45) is 0 Å². The molecule has 5 nitrogen and oxygen atoms in total. The molecule has 1 heterocycles. The van der Waals surface area contributed by atoms with Gasteiger partial charge in [-0.3, -0.25) is 0 Å². The van der Waals surface area contributed by atoms with Gasteiger partial charge in [0.15, 0.2) is 0 Å². The highest BCUT2D eigenvalue weighted by atomic mass is 16.5. The maximum absolute atomic E-state index is 10.8. The van der Waals surface area contributed by atoms with Crippen LogP contribution < -0.4 is 5.32 Å². The van der Waals surface area contributed by atoms with Crippen LogP contribution in [0.1, 0.15) is 30.3 Å². The summed E-state index contributed by atoms with van der Waals surface area (Å²) in [6.45, 7) is 2.69. The first kappa shape index (κ1) is 13.4. The van der Waals surface area contributed by atoms with Crippen molar-refractivity contribution in [3.05, 3.63) is 24.0 Å². The SMILES string of the molecule is CCCC(COC)Nc1ccnc(C(=O)O)c1. The average Bonchev–Trinajstić information content (AvgIpc) is 2.30. The Hall–Kier alpha value is -1.62. The van der Waals surface area contributed by atoms with Gasteiger partial charge in [-0.15, -0.1) is 0 Å². The molecule has 0 fully saturated rings. The van der Waals surface area contributed by atoms with Gasteiger partial charge in [-0.1, -0.05) is 13.3 Å². The summed E-state index contributed by atoms with van der Waals surface area (Å²) in [5, 5.41) is 12.1. The summed E-state index contributed by atoms with van der Waals surface area (Å²) in [7, 11) is 1.65. The number of aromatic carboxylic acids is 1.